The first-order valence-corrected chi connectivity index (χ1v) is 10.6. The van der Waals surface area contributed by atoms with Gasteiger partial charge in [0.25, 0.3) is 5.91 Å². The van der Waals surface area contributed by atoms with Gasteiger partial charge in [0.2, 0.25) is 0 Å². The molecule has 1 atom stereocenters. The molecule has 31 heavy (non-hydrogen) atoms. The normalized spacial score (nSPS) is 12.0. The van der Waals surface area contributed by atoms with Crippen LogP contribution in [0.25, 0.3) is 22.3 Å². The molecule has 3 N–H and O–H groups in total. The molecular formula is C24H18N4O2S. The zero-order valence-electron chi connectivity index (χ0n) is 16.3. The third-order valence-electron chi connectivity index (χ3n) is 5.02. The van der Waals surface area contributed by atoms with Crippen LogP contribution in [0.5, 0.6) is 0 Å². The molecule has 2 heterocycles. The molecule has 5 aromatic rings. The lowest BCUT2D eigenvalue weighted by molar-refractivity contribution is 0.0943. The van der Waals surface area contributed by atoms with Crippen molar-refractivity contribution in [3.63, 3.8) is 0 Å². The van der Waals surface area contributed by atoms with Crippen molar-refractivity contribution in [2.24, 2.45) is 0 Å². The number of hydrogen-bond acceptors (Lipinski definition) is 4. The molecule has 3 aromatic carbocycles. The van der Waals surface area contributed by atoms with E-state index < -0.39 is 0 Å². The zero-order valence-corrected chi connectivity index (χ0v) is 17.1. The smallest absolute Gasteiger partial charge is 0.323 e. The predicted molar refractivity (Wildman–Crippen MR) is 122 cm³/mol. The van der Waals surface area contributed by atoms with Gasteiger partial charge in [0, 0.05) is 16.5 Å². The zero-order chi connectivity index (χ0) is 21.2. The molecule has 0 fully saturated rings. The second-order valence-electron chi connectivity index (χ2n) is 7.09. The SMILES string of the molecule is O=C(NC(c1ccccc1)c1nc(-c2ccc3[nH]c(=O)[nH]c3c2)cs1)c1ccccc1. The van der Waals surface area contributed by atoms with Crippen LogP contribution in [0.3, 0.4) is 0 Å². The van der Waals surface area contributed by atoms with Crippen LogP contribution in [0.4, 0.5) is 0 Å². The summed E-state index contributed by atoms with van der Waals surface area (Å²) in [5.41, 5.74) is 4.49. The van der Waals surface area contributed by atoms with Gasteiger partial charge in [0.1, 0.15) is 11.0 Å². The Morgan fingerprint density at radius 1 is 0.903 bits per heavy atom. The summed E-state index contributed by atoms with van der Waals surface area (Å²) in [6, 6.07) is 24.2. The lowest BCUT2D eigenvalue weighted by Crippen LogP contribution is -2.29. The third kappa shape index (κ3) is 3.91. The third-order valence-corrected chi connectivity index (χ3v) is 5.93. The first-order valence-electron chi connectivity index (χ1n) is 9.76. The summed E-state index contributed by atoms with van der Waals surface area (Å²) in [5.74, 6) is -0.155. The van der Waals surface area contributed by atoms with E-state index >= 15 is 0 Å². The molecule has 5 rings (SSSR count). The van der Waals surface area contributed by atoms with Crippen molar-refractivity contribution in [1.82, 2.24) is 20.3 Å². The topological polar surface area (TPSA) is 90.6 Å². The monoisotopic (exact) mass is 426 g/mol. The van der Waals surface area contributed by atoms with Gasteiger partial charge >= 0.3 is 5.69 Å². The summed E-state index contributed by atoms with van der Waals surface area (Å²) in [5, 5.41) is 5.87. The number of thiazole rings is 1. The maximum Gasteiger partial charge on any atom is 0.323 e. The van der Waals surface area contributed by atoms with E-state index in [0.29, 0.717) is 5.56 Å². The first-order chi connectivity index (χ1) is 15.2. The van der Waals surface area contributed by atoms with Crippen molar-refractivity contribution in [3.8, 4) is 11.3 Å². The van der Waals surface area contributed by atoms with Crippen molar-refractivity contribution in [2.45, 2.75) is 6.04 Å². The Labute approximate surface area is 181 Å². The number of nitrogens with one attached hydrogen (secondary N) is 3. The number of nitrogens with zero attached hydrogens (tertiary/aromatic N) is 1. The summed E-state index contributed by atoms with van der Waals surface area (Å²) in [6.07, 6.45) is 0. The number of amides is 1. The summed E-state index contributed by atoms with van der Waals surface area (Å²) in [4.78, 5) is 34.7. The number of carbonyl (C=O) groups excluding carboxylic acids is 1. The van der Waals surface area contributed by atoms with E-state index in [0.717, 1.165) is 32.9 Å². The minimum absolute atomic E-state index is 0.155. The highest BCUT2D eigenvalue weighted by Gasteiger charge is 2.21. The molecule has 0 saturated heterocycles. The van der Waals surface area contributed by atoms with E-state index in [-0.39, 0.29) is 17.6 Å². The lowest BCUT2D eigenvalue weighted by atomic mass is 10.1. The molecule has 2 aromatic heterocycles. The molecule has 0 saturated carbocycles. The van der Waals surface area contributed by atoms with Gasteiger partial charge in [-0.25, -0.2) is 9.78 Å². The summed E-state index contributed by atoms with van der Waals surface area (Å²) < 4.78 is 0. The Morgan fingerprint density at radius 2 is 1.61 bits per heavy atom. The maximum absolute atomic E-state index is 12.9. The van der Waals surface area contributed by atoms with Gasteiger partial charge < -0.3 is 15.3 Å². The molecule has 7 heteroatoms. The van der Waals surface area contributed by atoms with Gasteiger partial charge in [-0.1, -0.05) is 54.6 Å². The fourth-order valence-electron chi connectivity index (χ4n) is 3.48. The van der Waals surface area contributed by atoms with Crippen LogP contribution in [-0.2, 0) is 0 Å². The quantitative estimate of drug-likeness (QED) is 0.386. The molecule has 0 spiro atoms. The second-order valence-corrected chi connectivity index (χ2v) is 7.98. The fourth-order valence-corrected chi connectivity index (χ4v) is 4.39. The van der Waals surface area contributed by atoms with Crippen LogP contribution in [0.1, 0.15) is 27.0 Å². The lowest BCUT2D eigenvalue weighted by Gasteiger charge is -2.17. The van der Waals surface area contributed by atoms with E-state index in [9.17, 15) is 9.59 Å². The van der Waals surface area contributed by atoms with E-state index in [1.54, 1.807) is 12.1 Å². The van der Waals surface area contributed by atoms with Gasteiger partial charge in [0.15, 0.2) is 0 Å². The van der Waals surface area contributed by atoms with Crippen LogP contribution in [0.2, 0.25) is 0 Å². The molecule has 6 nitrogen and oxygen atoms in total. The minimum atomic E-state index is -0.372. The van der Waals surface area contributed by atoms with Gasteiger partial charge in [0.05, 0.1) is 16.7 Å². The number of benzene rings is 3. The number of hydrogen-bond donors (Lipinski definition) is 3. The number of imidazole rings is 1. The number of aromatic nitrogens is 3. The second kappa shape index (κ2) is 8.04. The molecule has 0 bridgehead atoms. The van der Waals surface area contributed by atoms with E-state index in [1.165, 1.54) is 11.3 Å². The van der Waals surface area contributed by atoms with Gasteiger partial charge in [-0.15, -0.1) is 11.3 Å². The van der Waals surface area contributed by atoms with E-state index in [2.05, 4.69) is 15.3 Å². The Bertz CT molecular complexity index is 1400. The number of rotatable bonds is 5. The van der Waals surface area contributed by atoms with Crippen molar-refractivity contribution >= 4 is 28.3 Å². The molecule has 0 aliphatic heterocycles. The molecule has 152 valence electrons. The molecule has 0 aliphatic carbocycles. The molecule has 1 unspecified atom stereocenters. The van der Waals surface area contributed by atoms with Gasteiger partial charge in [-0.3, -0.25) is 4.79 Å². The Morgan fingerprint density at radius 3 is 2.39 bits per heavy atom. The largest absolute Gasteiger partial charge is 0.339 e. The Balaban J connectivity index is 1.50. The maximum atomic E-state index is 12.9. The summed E-state index contributed by atoms with van der Waals surface area (Å²) >= 11 is 1.49. The van der Waals surface area contributed by atoms with Gasteiger partial charge in [-0.2, -0.15) is 0 Å². The predicted octanol–water partition coefficient (Wildman–Crippen LogP) is 4.50. The highest BCUT2D eigenvalue weighted by atomic mass is 32.1. The average Bonchev–Trinajstić information content (AvgIpc) is 3.44. The minimum Gasteiger partial charge on any atom is -0.339 e. The standard InChI is InChI=1S/C24H18N4O2S/c29-22(16-9-5-2-6-10-16)28-21(15-7-3-1-4-8-15)23-25-20(14-31-23)17-11-12-18-19(13-17)27-24(30)26-18/h1-14,21H,(H,28,29)(H2,26,27,30). The van der Waals surface area contributed by atoms with E-state index in [1.807, 2.05) is 72.1 Å². The first kappa shape index (κ1) is 19.0. The number of carbonyl (C=O) groups is 1. The molecule has 0 aliphatic rings. The Hall–Kier alpha value is -3.97. The van der Waals surface area contributed by atoms with Crippen molar-refractivity contribution in [1.29, 1.82) is 0 Å². The van der Waals surface area contributed by atoms with Crippen LogP contribution in [-0.4, -0.2) is 20.9 Å². The van der Waals surface area contributed by atoms with Gasteiger partial charge in [-0.05, 0) is 29.8 Å². The van der Waals surface area contributed by atoms with Crippen molar-refractivity contribution in [2.75, 3.05) is 0 Å². The molecule has 1 amide bonds. The van der Waals surface area contributed by atoms with E-state index in [4.69, 9.17) is 4.98 Å². The summed E-state index contributed by atoms with van der Waals surface area (Å²) in [6.45, 7) is 0. The van der Waals surface area contributed by atoms with Crippen LogP contribution in [0.15, 0.2) is 89.0 Å². The van der Waals surface area contributed by atoms with Crippen molar-refractivity contribution in [3.05, 3.63) is 111 Å². The summed E-state index contributed by atoms with van der Waals surface area (Å²) in [7, 11) is 0. The number of H-pyrrole nitrogens is 2. The number of aromatic amines is 2. The van der Waals surface area contributed by atoms with Crippen LogP contribution < -0.4 is 11.0 Å². The van der Waals surface area contributed by atoms with Crippen molar-refractivity contribution < 1.29 is 4.79 Å². The van der Waals surface area contributed by atoms with Crippen LogP contribution in [0, 0.1) is 0 Å². The molecular weight excluding hydrogens is 408 g/mol. The highest BCUT2D eigenvalue weighted by Crippen LogP contribution is 2.30. The number of fused-ring (bicyclic) bond motifs is 1. The Kier molecular flexibility index (Phi) is 4.93. The van der Waals surface area contributed by atoms with Crippen LogP contribution >= 0.6 is 11.3 Å². The fraction of sp³-hybridized carbons (Fsp3) is 0.0417. The average molecular weight is 427 g/mol. The molecule has 0 radical (unpaired) electrons. The highest BCUT2D eigenvalue weighted by molar-refractivity contribution is 7.10.